The lowest BCUT2D eigenvalue weighted by molar-refractivity contribution is -0.384. The quantitative estimate of drug-likeness (QED) is 0.386. The molecule has 0 radical (unpaired) electrons. The molecule has 136 valence electrons. The fourth-order valence-electron chi connectivity index (χ4n) is 2.50. The first-order chi connectivity index (χ1) is 13.0. The van der Waals surface area contributed by atoms with Crippen LogP contribution in [0.5, 0.6) is 5.75 Å². The second-order valence-electron chi connectivity index (χ2n) is 5.64. The van der Waals surface area contributed by atoms with Crippen molar-refractivity contribution in [3.05, 3.63) is 62.9 Å². The van der Waals surface area contributed by atoms with Crippen LogP contribution in [-0.4, -0.2) is 22.0 Å². The molecule has 2 aromatic carbocycles. The number of hydrogen-bond donors (Lipinski definition) is 0. The summed E-state index contributed by atoms with van der Waals surface area (Å²) >= 11 is 1.17. The van der Waals surface area contributed by atoms with Crippen molar-refractivity contribution in [1.82, 2.24) is 4.57 Å². The molecule has 27 heavy (non-hydrogen) atoms. The van der Waals surface area contributed by atoms with Crippen LogP contribution in [0.25, 0.3) is 10.2 Å². The van der Waals surface area contributed by atoms with E-state index in [0.29, 0.717) is 20.8 Å². The maximum absolute atomic E-state index is 12.2. The first kappa shape index (κ1) is 18.4. The van der Waals surface area contributed by atoms with Gasteiger partial charge in [-0.25, -0.2) is 0 Å². The van der Waals surface area contributed by atoms with Crippen molar-refractivity contribution in [1.29, 1.82) is 0 Å². The van der Waals surface area contributed by atoms with Crippen molar-refractivity contribution in [2.75, 3.05) is 6.61 Å². The van der Waals surface area contributed by atoms with Crippen LogP contribution in [0.2, 0.25) is 0 Å². The third-order valence-electron chi connectivity index (χ3n) is 3.79. The molecule has 1 amide bonds. The minimum absolute atomic E-state index is 0.0302. The van der Waals surface area contributed by atoms with E-state index in [-0.39, 0.29) is 18.8 Å². The van der Waals surface area contributed by atoms with Gasteiger partial charge in [0.15, 0.2) is 11.4 Å². The molecule has 0 bridgehead atoms. The van der Waals surface area contributed by atoms with Gasteiger partial charge < -0.3 is 9.30 Å². The number of rotatable bonds is 5. The normalized spacial score (nSPS) is 11.3. The Bertz CT molecular complexity index is 1140. The zero-order chi connectivity index (χ0) is 19.4. The minimum Gasteiger partial charge on any atom is -0.483 e. The smallest absolute Gasteiger partial charge is 0.286 e. The maximum Gasteiger partial charge on any atom is 0.286 e. The minimum atomic E-state index is -0.470. The van der Waals surface area contributed by atoms with Gasteiger partial charge in [0.05, 0.1) is 21.7 Å². The average molecular weight is 381 g/mol. The zero-order valence-electron chi connectivity index (χ0n) is 14.4. The summed E-state index contributed by atoms with van der Waals surface area (Å²) in [5.74, 6) is 2.66. The number of para-hydroxylation sites is 1. The summed E-state index contributed by atoms with van der Waals surface area (Å²) in [7, 11) is 0. The molecule has 0 atom stereocenters. The number of amides is 1. The number of ether oxygens (including phenoxy) is 1. The molecule has 0 spiro atoms. The van der Waals surface area contributed by atoms with Crippen LogP contribution >= 0.6 is 11.3 Å². The fraction of sp³-hybridized carbons (Fsp3) is 0.158. The van der Waals surface area contributed by atoms with E-state index in [0.717, 1.165) is 5.56 Å². The number of fused-ring (bicyclic) bond motifs is 1. The van der Waals surface area contributed by atoms with Crippen LogP contribution in [0, 0.1) is 29.4 Å². The highest BCUT2D eigenvalue weighted by atomic mass is 32.1. The van der Waals surface area contributed by atoms with Gasteiger partial charge in [-0.2, -0.15) is 4.99 Å². The highest BCUT2D eigenvalue weighted by Crippen LogP contribution is 2.23. The molecular weight excluding hydrogens is 366 g/mol. The van der Waals surface area contributed by atoms with Gasteiger partial charge in [0.25, 0.3) is 11.6 Å². The lowest BCUT2D eigenvalue weighted by Crippen LogP contribution is -2.19. The summed E-state index contributed by atoms with van der Waals surface area (Å²) in [6.45, 7) is 1.87. The molecule has 0 aliphatic rings. The molecule has 3 aromatic rings. The topological polar surface area (TPSA) is 86.7 Å². The fourth-order valence-corrected chi connectivity index (χ4v) is 3.58. The highest BCUT2D eigenvalue weighted by Gasteiger charge is 2.12. The van der Waals surface area contributed by atoms with E-state index in [9.17, 15) is 14.9 Å². The summed E-state index contributed by atoms with van der Waals surface area (Å²) < 4.78 is 7.82. The van der Waals surface area contributed by atoms with Crippen molar-refractivity contribution >= 4 is 33.1 Å². The van der Waals surface area contributed by atoms with Gasteiger partial charge in [-0.3, -0.25) is 14.9 Å². The van der Waals surface area contributed by atoms with Crippen LogP contribution in [0.1, 0.15) is 5.56 Å². The van der Waals surface area contributed by atoms with Crippen molar-refractivity contribution in [2.24, 2.45) is 4.99 Å². The predicted molar refractivity (Wildman–Crippen MR) is 103 cm³/mol. The number of carbonyl (C=O) groups is 1. The Balaban J connectivity index is 1.93. The largest absolute Gasteiger partial charge is 0.483 e. The van der Waals surface area contributed by atoms with Crippen LogP contribution in [0.4, 0.5) is 5.69 Å². The molecule has 1 heterocycles. The molecule has 0 unspecified atom stereocenters. The van der Waals surface area contributed by atoms with Crippen molar-refractivity contribution in [2.45, 2.75) is 13.5 Å². The van der Waals surface area contributed by atoms with E-state index >= 15 is 0 Å². The Morgan fingerprint density at radius 2 is 2.15 bits per heavy atom. The molecule has 3 rings (SSSR count). The van der Waals surface area contributed by atoms with Crippen molar-refractivity contribution in [3.8, 4) is 18.1 Å². The summed E-state index contributed by atoms with van der Waals surface area (Å²) in [6, 6.07) is 11.8. The van der Waals surface area contributed by atoms with Gasteiger partial charge in [-0.1, -0.05) is 35.5 Å². The average Bonchev–Trinajstić information content (AvgIpc) is 2.98. The summed E-state index contributed by atoms with van der Waals surface area (Å²) in [5.41, 5.74) is 1.58. The third-order valence-corrected chi connectivity index (χ3v) is 4.83. The molecule has 0 aliphatic heterocycles. The summed E-state index contributed by atoms with van der Waals surface area (Å²) in [5, 5.41) is 11.0. The monoisotopic (exact) mass is 381 g/mol. The second-order valence-corrected chi connectivity index (χ2v) is 6.65. The van der Waals surface area contributed by atoms with Crippen LogP contribution < -0.4 is 9.54 Å². The van der Waals surface area contributed by atoms with Crippen LogP contribution in [0.15, 0.2) is 47.5 Å². The summed E-state index contributed by atoms with van der Waals surface area (Å²) in [4.78, 5) is 27.2. The molecule has 0 N–H and O–H groups in total. The Hall–Kier alpha value is -3.44. The first-order valence-corrected chi connectivity index (χ1v) is 8.78. The number of hydrogen-bond acceptors (Lipinski definition) is 5. The van der Waals surface area contributed by atoms with E-state index in [2.05, 4.69) is 10.9 Å². The molecule has 1 aromatic heterocycles. The SMILES string of the molecule is C#CCn1c(=NC(=O)COc2ccccc2C)sc2cc([N+](=O)[O-])ccc21. The Morgan fingerprint density at radius 1 is 1.37 bits per heavy atom. The Kier molecular flexibility index (Phi) is 5.33. The summed E-state index contributed by atoms with van der Waals surface area (Å²) in [6.07, 6.45) is 5.41. The lowest BCUT2D eigenvalue weighted by atomic mass is 10.2. The van der Waals surface area contributed by atoms with E-state index < -0.39 is 10.8 Å². The number of benzene rings is 2. The van der Waals surface area contributed by atoms with Crippen molar-refractivity contribution in [3.63, 3.8) is 0 Å². The number of thiazole rings is 1. The number of non-ortho nitro benzene ring substituents is 1. The van der Waals surface area contributed by atoms with Gasteiger partial charge in [0, 0.05) is 12.1 Å². The van der Waals surface area contributed by atoms with Gasteiger partial charge in [-0.05, 0) is 24.6 Å². The van der Waals surface area contributed by atoms with E-state index in [1.54, 1.807) is 16.7 Å². The second kappa shape index (κ2) is 7.85. The van der Waals surface area contributed by atoms with Crippen molar-refractivity contribution < 1.29 is 14.5 Å². The lowest BCUT2D eigenvalue weighted by Gasteiger charge is -2.06. The van der Waals surface area contributed by atoms with E-state index in [1.165, 1.54) is 23.5 Å². The number of aromatic nitrogens is 1. The molecular formula is C19H15N3O4S. The van der Waals surface area contributed by atoms with E-state index in [1.807, 2.05) is 25.1 Å². The molecule has 8 heteroatoms. The number of aryl methyl sites for hydroxylation is 1. The molecule has 0 saturated heterocycles. The predicted octanol–water partition coefficient (Wildman–Crippen LogP) is 3.06. The zero-order valence-corrected chi connectivity index (χ0v) is 15.2. The molecule has 7 nitrogen and oxygen atoms in total. The molecule has 0 saturated carbocycles. The number of nitro benzene ring substituents is 1. The van der Waals surface area contributed by atoms with Crippen LogP contribution in [0.3, 0.4) is 0 Å². The van der Waals surface area contributed by atoms with Gasteiger partial charge >= 0.3 is 0 Å². The molecule has 0 aliphatic carbocycles. The van der Waals surface area contributed by atoms with Gasteiger partial charge in [0.2, 0.25) is 0 Å². The third kappa shape index (κ3) is 4.04. The Labute approximate surface area is 158 Å². The maximum atomic E-state index is 12.2. The van der Waals surface area contributed by atoms with Gasteiger partial charge in [0.1, 0.15) is 5.75 Å². The van der Waals surface area contributed by atoms with Gasteiger partial charge in [-0.15, -0.1) is 6.42 Å². The number of nitrogens with zero attached hydrogens (tertiary/aromatic N) is 3. The number of nitro groups is 1. The number of carbonyl (C=O) groups excluding carboxylic acids is 1. The van der Waals surface area contributed by atoms with Crippen LogP contribution in [-0.2, 0) is 11.3 Å². The highest BCUT2D eigenvalue weighted by molar-refractivity contribution is 7.16. The number of terminal acetylenes is 1. The van der Waals surface area contributed by atoms with E-state index in [4.69, 9.17) is 11.2 Å². The molecule has 0 fully saturated rings. The Morgan fingerprint density at radius 3 is 2.85 bits per heavy atom. The standard InChI is InChI=1S/C19H15N3O4S/c1-3-10-21-15-9-8-14(22(24)25)11-17(15)27-19(21)20-18(23)12-26-16-7-5-4-6-13(16)2/h1,4-9,11H,10,12H2,2H3. The first-order valence-electron chi connectivity index (χ1n) is 7.97.